The van der Waals surface area contributed by atoms with Gasteiger partial charge in [0.15, 0.2) is 5.78 Å². The maximum atomic E-state index is 11.2. The maximum absolute atomic E-state index is 11.2. The third-order valence-corrected chi connectivity index (χ3v) is 3.24. The van der Waals surface area contributed by atoms with Crippen molar-refractivity contribution >= 4 is 5.78 Å². The summed E-state index contributed by atoms with van der Waals surface area (Å²) >= 11 is 0. The molecule has 0 N–H and O–H groups in total. The fourth-order valence-electron chi connectivity index (χ4n) is 1.87. The van der Waals surface area contributed by atoms with Gasteiger partial charge in [-0.25, -0.2) is 0 Å². The third-order valence-electron chi connectivity index (χ3n) is 3.24. The Morgan fingerprint density at radius 3 is 2.44 bits per heavy atom. The quantitative estimate of drug-likeness (QED) is 0.656. The van der Waals surface area contributed by atoms with Gasteiger partial charge < -0.3 is 0 Å². The van der Waals surface area contributed by atoms with Crippen molar-refractivity contribution in [2.24, 2.45) is 17.8 Å². The molecule has 0 aromatic rings. The van der Waals surface area contributed by atoms with Crippen molar-refractivity contribution in [3.05, 3.63) is 35.5 Å². The van der Waals surface area contributed by atoms with E-state index in [1.54, 1.807) is 6.92 Å². The van der Waals surface area contributed by atoms with Crippen LogP contribution in [0.5, 0.6) is 0 Å². The van der Waals surface area contributed by atoms with E-state index < -0.39 is 0 Å². The van der Waals surface area contributed by atoms with Gasteiger partial charge in [-0.05, 0) is 36.8 Å². The summed E-state index contributed by atoms with van der Waals surface area (Å²) in [6.07, 6.45) is 8.81. The van der Waals surface area contributed by atoms with Crippen LogP contribution in [0.4, 0.5) is 0 Å². The van der Waals surface area contributed by atoms with Gasteiger partial charge in [0.25, 0.3) is 0 Å². The van der Waals surface area contributed by atoms with Crippen LogP contribution >= 0.6 is 0 Å². The van der Waals surface area contributed by atoms with Crippen molar-refractivity contribution in [1.82, 2.24) is 0 Å². The van der Waals surface area contributed by atoms with E-state index in [-0.39, 0.29) is 5.78 Å². The fraction of sp³-hybridized carbons (Fsp3) is 0.533. The molecule has 16 heavy (non-hydrogen) atoms. The molecule has 88 valence electrons. The average Bonchev–Trinajstić information content (AvgIpc) is 2.20. The minimum atomic E-state index is 0.166. The first-order chi connectivity index (χ1) is 7.41. The highest BCUT2D eigenvalue weighted by Gasteiger charge is 2.16. The molecule has 0 heterocycles. The molecule has 2 atom stereocenters. The van der Waals surface area contributed by atoms with Crippen molar-refractivity contribution in [2.45, 2.75) is 34.6 Å². The highest BCUT2D eigenvalue weighted by molar-refractivity contribution is 5.92. The molecule has 0 aromatic heterocycles. The minimum absolute atomic E-state index is 0.166. The molecule has 1 nitrogen and oxygen atoms in total. The number of ketones is 1. The lowest BCUT2D eigenvalue weighted by Crippen LogP contribution is -2.11. The van der Waals surface area contributed by atoms with Gasteiger partial charge in [0, 0.05) is 5.92 Å². The normalized spacial score (nSPS) is 25.9. The average molecular weight is 218 g/mol. The predicted molar refractivity (Wildman–Crippen MR) is 69.2 cm³/mol. The Hall–Kier alpha value is -1.11. The van der Waals surface area contributed by atoms with Crippen LogP contribution < -0.4 is 0 Å². The monoisotopic (exact) mass is 218 g/mol. The largest absolute Gasteiger partial charge is 0.295 e. The molecule has 0 bridgehead atoms. The number of carbonyl (C=O) groups is 1. The topological polar surface area (TPSA) is 17.1 Å². The van der Waals surface area contributed by atoms with E-state index in [1.165, 1.54) is 5.57 Å². The smallest absolute Gasteiger partial charge is 0.155 e. The van der Waals surface area contributed by atoms with Crippen LogP contribution in [0.3, 0.4) is 0 Å². The molecule has 0 spiro atoms. The van der Waals surface area contributed by atoms with E-state index in [4.69, 9.17) is 0 Å². The zero-order chi connectivity index (χ0) is 12.3. The van der Waals surface area contributed by atoms with Crippen molar-refractivity contribution in [3.63, 3.8) is 0 Å². The Morgan fingerprint density at radius 1 is 1.38 bits per heavy atom. The molecule has 1 rings (SSSR count). The van der Waals surface area contributed by atoms with Gasteiger partial charge in [-0.3, -0.25) is 4.79 Å². The summed E-state index contributed by atoms with van der Waals surface area (Å²) in [6.45, 7) is 10.1. The lowest BCUT2D eigenvalue weighted by Gasteiger charge is -2.22. The van der Waals surface area contributed by atoms with Crippen LogP contribution in [0, 0.1) is 17.8 Å². The minimum Gasteiger partial charge on any atom is -0.295 e. The second kappa shape index (κ2) is 5.29. The Balaban J connectivity index is 2.81. The van der Waals surface area contributed by atoms with Crippen LogP contribution in [-0.2, 0) is 4.79 Å². The first-order valence-corrected chi connectivity index (χ1v) is 6.01. The Kier molecular flexibility index (Phi) is 4.28. The van der Waals surface area contributed by atoms with E-state index in [2.05, 4.69) is 45.1 Å². The standard InChI is InChI=1S/C15H22O/c1-10(2)14-6-7-15(12(4)9-14)8-11(3)13(5)16/h6-10,12,15H,1-5H3/b11-8+. The number of hydrogen-bond donors (Lipinski definition) is 0. The van der Waals surface area contributed by atoms with Crippen molar-refractivity contribution in [2.75, 3.05) is 0 Å². The van der Waals surface area contributed by atoms with Gasteiger partial charge in [0.1, 0.15) is 0 Å². The maximum Gasteiger partial charge on any atom is 0.155 e. The summed E-state index contributed by atoms with van der Waals surface area (Å²) in [7, 11) is 0. The highest BCUT2D eigenvalue weighted by Crippen LogP contribution is 2.28. The Labute approximate surface area is 98.9 Å². The molecular weight excluding hydrogens is 196 g/mol. The van der Waals surface area contributed by atoms with Crippen molar-refractivity contribution in [1.29, 1.82) is 0 Å². The van der Waals surface area contributed by atoms with Gasteiger partial charge in [-0.15, -0.1) is 0 Å². The van der Waals surface area contributed by atoms with E-state index in [0.717, 1.165) is 5.57 Å². The lowest BCUT2D eigenvalue weighted by atomic mass is 9.83. The van der Waals surface area contributed by atoms with Gasteiger partial charge in [0.05, 0.1) is 0 Å². The summed E-state index contributed by atoms with van der Waals surface area (Å²) in [5.41, 5.74) is 2.26. The number of allylic oxidation sites excluding steroid dienone is 6. The molecule has 0 saturated heterocycles. The van der Waals surface area contributed by atoms with Crippen LogP contribution in [0.25, 0.3) is 0 Å². The van der Waals surface area contributed by atoms with Crippen LogP contribution in [-0.4, -0.2) is 5.78 Å². The fourth-order valence-corrected chi connectivity index (χ4v) is 1.87. The molecule has 0 saturated carbocycles. The van der Waals surface area contributed by atoms with Gasteiger partial charge >= 0.3 is 0 Å². The highest BCUT2D eigenvalue weighted by atomic mass is 16.1. The molecule has 1 aliphatic carbocycles. The third kappa shape index (κ3) is 3.19. The molecule has 1 heteroatoms. The Bertz CT molecular complexity index is 356. The number of Topliss-reactive ketones (excluding diaryl/α,β-unsaturated/α-hetero) is 1. The van der Waals surface area contributed by atoms with Crippen molar-refractivity contribution < 1.29 is 4.79 Å². The molecule has 0 aliphatic heterocycles. The van der Waals surface area contributed by atoms with E-state index in [0.29, 0.717) is 17.8 Å². The molecular formula is C15H22O. The van der Waals surface area contributed by atoms with E-state index in [9.17, 15) is 4.79 Å². The first-order valence-electron chi connectivity index (χ1n) is 6.01. The molecule has 0 fully saturated rings. The number of hydrogen-bond acceptors (Lipinski definition) is 1. The summed E-state index contributed by atoms with van der Waals surface area (Å²) in [4.78, 5) is 11.2. The molecule has 0 radical (unpaired) electrons. The molecule has 2 unspecified atom stereocenters. The van der Waals surface area contributed by atoms with Gasteiger partial charge in [-0.1, -0.05) is 45.1 Å². The number of rotatable bonds is 3. The Morgan fingerprint density at radius 2 is 2.00 bits per heavy atom. The van der Waals surface area contributed by atoms with E-state index >= 15 is 0 Å². The molecule has 0 aromatic carbocycles. The first kappa shape index (κ1) is 13.0. The lowest BCUT2D eigenvalue weighted by molar-refractivity contribution is -0.113. The van der Waals surface area contributed by atoms with E-state index in [1.807, 2.05) is 6.92 Å². The van der Waals surface area contributed by atoms with Gasteiger partial charge in [0.2, 0.25) is 0 Å². The van der Waals surface area contributed by atoms with Crippen LogP contribution in [0.1, 0.15) is 34.6 Å². The zero-order valence-electron chi connectivity index (χ0n) is 10.9. The van der Waals surface area contributed by atoms with Crippen molar-refractivity contribution in [3.8, 4) is 0 Å². The summed E-state index contributed by atoms with van der Waals surface area (Å²) in [5, 5.41) is 0. The number of carbonyl (C=O) groups excluding carboxylic acids is 1. The van der Waals surface area contributed by atoms with Crippen LogP contribution in [0.2, 0.25) is 0 Å². The molecule has 0 amide bonds. The second-order valence-corrected chi connectivity index (χ2v) is 5.02. The predicted octanol–water partition coefficient (Wildman–Crippen LogP) is 3.93. The summed E-state index contributed by atoms with van der Waals surface area (Å²) in [5.74, 6) is 1.60. The van der Waals surface area contributed by atoms with Crippen LogP contribution in [0.15, 0.2) is 35.5 Å². The summed E-state index contributed by atoms with van der Waals surface area (Å²) < 4.78 is 0. The molecule has 1 aliphatic rings. The SMILES string of the molecule is CC(=O)/C(C)=C/C1C=CC(C(C)C)=CC1C. The van der Waals surface area contributed by atoms with Gasteiger partial charge in [-0.2, -0.15) is 0 Å². The second-order valence-electron chi connectivity index (χ2n) is 5.02. The summed E-state index contributed by atoms with van der Waals surface area (Å²) in [6, 6.07) is 0. The zero-order valence-corrected chi connectivity index (χ0v) is 10.9.